The number of methoxy groups -OCH3 is 1. The molecule has 0 N–H and O–H groups in total. The molecule has 0 unspecified atom stereocenters. The van der Waals surface area contributed by atoms with Gasteiger partial charge in [0, 0.05) is 0 Å². The number of furan rings is 1. The number of hydrogen-bond donors (Lipinski definition) is 0. The third-order valence-electron chi connectivity index (χ3n) is 3.63. The maximum absolute atomic E-state index is 5.36. The van der Waals surface area contributed by atoms with Crippen molar-refractivity contribution in [2.45, 2.75) is 17.5 Å². The van der Waals surface area contributed by atoms with Crippen LogP contribution in [0.4, 0.5) is 0 Å². The van der Waals surface area contributed by atoms with Crippen LogP contribution in [0.25, 0.3) is 11.4 Å². The summed E-state index contributed by atoms with van der Waals surface area (Å²) in [5.74, 6) is 3.02. The molecule has 0 aliphatic heterocycles. The number of aromatic nitrogens is 5. The van der Waals surface area contributed by atoms with E-state index in [1.165, 1.54) is 11.8 Å². The van der Waals surface area contributed by atoms with Crippen LogP contribution >= 0.6 is 11.8 Å². The minimum Gasteiger partial charge on any atom is -0.496 e. The number of hydrogen-bond acceptors (Lipinski definition) is 8. The van der Waals surface area contributed by atoms with Gasteiger partial charge in [-0.25, -0.2) is 0 Å². The molecule has 3 heterocycles. The van der Waals surface area contributed by atoms with Crippen LogP contribution in [0.1, 0.15) is 11.7 Å². The Labute approximate surface area is 153 Å². The topological polar surface area (TPSA) is 92.0 Å². The zero-order valence-corrected chi connectivity index (χ0v) is 14.7. The van der Waals surface area contributed by atoms with E-state index in [0.717, 1.165) is 16.5 Å². The van der Waals surface area contributed by atoms with Crippen molar-refractivity contribution in [1.29, 1.82) is 0 Å². The predicted octanol–water partition coefficient (Wildman–Crippen LogP) is 3.27. The maximum Gasteiger partial charge on any atom is 0.237 e. The van der Waals surface area contributed by atoms with Crippen molar-refractivity contribution in [1.82, 2.24) is 24.9 Å². The van der Waals surface area contributed by atoms with Crippen LogP contribution in [-0.4, -0.2) is 32.0 Å². The molecule has 0 atom stereocenters. The summed E-state index contributed by atoms with van der Waals surface area (Å²) in [6.07, 6.45) is 3.31. The largest absolute Gasteiger partial charge is 0.496 e. The zero-order valence-electron chi connectivity index (χ0n) is 13.9. The number of para-hydroxylation sites is 1. The highest BCUT2D eigenvalue weighted by atomic mass is 32.2. The number of thioether (sulfide) groups is 1. The average molecular weight is 369 g/mol. The molecule has 132 valence electrons. The second-order valence-corrected chi connectivity index (χ2v) is 6.26. The molecule has 26 heavy (non-hydrogen) atoms. The maximum atomic E-state index is 5.36. The minimum atomic E-state index is 0.485. The zero-order chi connectivity index (χ0) is 17.8. The Kier molecular flexibility index (Phi) is 4.69. The molecule has 0 bridgehead atoms. The molecule has 0 saturated carbocycles. The molecular weight excluding hydrogens is 354 g/mol. The second kappa shape index (κ2) is 7.44. The SMILES string of the molecule is COc1ccccc1-c1noc(CSc2nncn2Cc2ccco2)n1. The van der Waals surface area contributed by atoms with Gasteiger partial charge in [-0.15, -0.1) is 10.2 Å². The van der Waals surface area contributed by atoms with Crippen LogP contribution in [-0.2, 0) is 12.3 Å². The standard InChI is InChI=1S/C17H15N5O3S/c1-23-14-7-3-2-6-13(14)16-19-15(25-21-16)10-26-17-20-18-11-22(17)9-12-5-4-8-24-12/h2-8,11H,9-10H2,1H3. The third-order valence-corrected chi connectivity index (χ3v) is 4.59. The fraction of sp³-hybridized carbons (Fsp3) is 0.176. The van der Waals surface area contributed by atoms with Crippen LogP contribution in [0.2, 0.25) is 0 Å². The Hall–Kier alpha value is -3.07. The first-order chi connectivity index (χ1) is 12.8. The first kappa shape index (κ1) is 16.4. The smallest absolute Gasteiger partial charge is 0.237 e. The van der Waals surface area contributed by atoms with E-state index >= 15 is 0 Å². The summed E-state index contributed by atoms with van der Waals surface area (Å²) in [6.45, 7) is 0.568. The Balaban J connectivity index is 1.45. The summed E-state index contributed by atoms with van der Waals surface area (Å²) in [5.41, 5.74) is 0.788. The lowest BCUT2D eigenvalue weighted by molar-refractivity contribution is 0.390. The van der Waals surface area contributed by atoms with Gasteiger partial charge in [0.2, 0.25) is 11.7 Å². The van der Waals surface area contributed by atoms with E-state index in [9.17, 15) is 0 Å². The van der Waals surface area contributed by atoms with Crippen molar-refractivity contribution in [3.05, 3.63) is 60.6 Å². The Morgan fingerprint density at radius 3 is 2.96 bits per heavy atom. The van der Waals surface area contributed by atoms with Crippen LogP contribution < -0.4 is 4.74 Å². The molecule has 0 fully saturated rings. The number of benzene rings is 1. The molecule has 0 spiro atoms. The van der Waals surface area contributed by atoms with Gasteiger partial charge in [0.05, 0.1) is 31.2 Å². The molecule has 3 aromatic heterocycles. The fourth-order valence-corrected chi connectivity index (χ4v) is 3.17. The van der Waals surface area contributed by atoms with Gasteiger partial charge in [0.1, 0.15) is 17.8 Å². The number of ether oxygens (including phenoxy) is 1. The molecule has 0 amide bonds. The molecule has 9 heteroatoms. The van der Waals surface area contributed by atoms with E-state index in [2.05, 4.69) is 20.3 Å². The molecule has 0 aliphatic carbocycles. The van der Waals surface area contributed by atoms with Gasteiger partial charge in [0.15, 0.2) is 5.16 Å². The lowest BCUT2D eigenvalue weighted by Gasteiger charge is -2.03. The molecular formula is C17H15N5O3S. The molecule has 1 aromatic carbocycles. The summed E-state index contributed by atoms with van der Waals surface area (Å²) in [7, 11) is 1.61. The summed E-state index contributed by atoms with van der Waals surface area (Å²) >= 11 is 1.47. The van der Waals surface area contributed by atoms with E-state index in [4.69, 9.17) is 13.7 Å². The highest BCUT2D eigenvalue weighted by Crippen LogP contribution is 2.28. The van der Waals surface area contributed by atoms with Crippen molar-refractivity contribution in [3.63, 3.8) is 0 Å². The van der Waals surface area contributed by atoms with E-state index < -0.39 is 0 Å². The van der Waals surface area contributed by atoms with Crippen LogP contribution in [0.3, 0.4) is 0 Å². The molecule has 4 rings (SSSR count). The average Bonchev–Trinajstić information content (AvgIpc) is 3.43. The fourth-order valence-electron chi connectivity index (χ4n) is 2.41. The highest BCUT2D eigenvalue weighted by molar-refractivity contribution is 7.98. The van der Waals surface area contributed by atoms with Crippen molar-refractivity contribution in [2.75, 3.05) is 7.11 Å². The van der Waals surface area contributed by atoms with Crippen LogP contribution in [0.5, 0.6) is 5.75 Å². The first-order valence-electron chi connectivity index (χ1n) is 7.82. The molecule has 8 nitrogen and oxygen atoms in total. The number of nitrogens with zero attached hydrogens (tertiary/aromatic N) is 5. The lowest BCUT2D eigenvalue weighted by atomic mass is 10.2. The Morgan fingerprint density at radius 2 is 2.12 bits per heavy atom. The van der Waals surface area contributed by atoms with Crippen LogP contribution in [0, 0.1) is 0 Å². The van der Waals surface area contributed by atoms with E-state index in [1.807, 2.05) is 41.0 Å². The third kappa shape index (κ3) is 3.47. The second-order valence-electron chi connectivity index (χ2n) is 5.32. The van der Waals surface area contributed by atoms with Crippen molar-refractivity contribution >= 4 is 11.8 Å². The van der Waals surface area contributed by atoms with Crippen molar-refractivity contribution < 1.29 is 13.7 Å². The molecule has 0 saturated heterocycles. The van der Waals surface area contributed by atoms with Gasteiger partial charge in [-0.1, -0.05) is 29.1 Å². The van der Waals surface area contributed by atoms with Gasteiger partial charge in [0.25, 0.3) is 0 Å². The van der Waals surface area contributed by atoms with Gasteiger partial charge in [-0.05, 0) is 24.3 Å². The van der Waals surface area contributed by atoms with Gasteiger partial charge >= 0.3 is 0 Å². The lowest BCUT2D eigenvalue weighted by Crippen LogP contribution is -1.99. The normalized spacial score (nSPS) is 11.0. The van der Waals surface area contributed by atoms with Crippen molar-refractivity contribution in [2.24, 2.45) is 0 Å². The summed E-state index contributed by atoms with van der Waals surface area (Å²) < 4.78 is 17.9. The number of rotatable bonds is 7. The minimum absolute atomic E-state index is 0.485. The molecule has 0 aliphatic rings. The highest BCUT2D eigenvalue weighted by Gasteiger charge is 2.14. The molecule has 0 radical (unpaired) electrons. The van der Waals surface area contributed by atoms with Gasteiger partial charge < -0.3 is 18.2 Å². The first-order valence-corrected chi connectivity index (χ1v) is 8.81. The summed E-state index contributed by atoms with van der Waals surface area (Å²) in [4.78, 5) is 4.44. The van der Waals surface area contributed by atoms with Gasteiger partial charge in [-0.3, -0.25) is 0 Å². The van der Waals surface area contributed by atoms with Crippen LogP contribution in [0.15, 0.2) is 63.1 Å². The predicted molar refractivity (Wildman–Crippen MR) is 93.7 cm³/mol. The quantitative estimate of drug-likeness (QED) is 0.458. The monoisotopic (exact) mass is 369 g/mol. The Morgan fingerprint density at radius 1 is 1.19 bits per heavy atom. The molecule has 4 aromatic rings. The van der Waals surface area contributed by atoms with Crippen molar-refractivity contribution in [3.8, 4) is 17.1 Å². The van der Waals surface area contributed by atoms with Gasteiger partial charge in [-0.2, -0.15) is 4.98 Å². The Bertz CT molecular complexity index is 980. The van der Waals surface area contributed by atoms with E-state index in [1.54, 1.807) is 19.7 Å². The van der Waals surface area contributed by atoms with E-state index in [-0.39, 0.29) is 0 Å². The summed E-state index contributed by atoms with van der Waals surface area (Å²) in [5, 5.41) is 12.9. The summed E-state index contributed by atoms with van der Waals surface area (Å²) in [6, 6.07) is 11.3. The van der Waals surface area contributed by atoms with E-state index in [0.29, 0.717) is 29.8 Å².